The number of carbonyl (C=O) groups is 1. The largest absolute Gasteiger partial charge is 0.481 e. The van der Waals surface area contributed by atoms with Gasteiger partial charge in [0, 0.05) is 19.3 Å². The topological polar surface area (TPSA) is 78.8 Å². The Balaban J connectivity index is 1.46. The van der Waals surface area contributed by atoms with E-state index in [0.717, 1.165) is 0 Å². The van der Waals surface area contributed by atoms with Crippen molar-refractivity contribution in [1.29, 1.82) is 0 Å². The van der Waals surface area contributed by atoms with Gasteiger partial charge in [0.15, 0.2) is 11.5 Å². The zero-order valence-electron chi connectivity index (χ0n) is 13.6. The zero-order chi connectivity index (χ0) is 17.6. The van der Waals surface area contributed by atoms with Crippen LogP contribution in [0.1, 0.15) is 10.4 Å². The molecule has 2 heterocycles. The van der Waals surface area contributed by atoms with Crippen LogP contribution < -0.4 is 25.1 Å². The van der Waals surface area contributed by atoms with Crippen LogP contribution in [0.4, 0.5) is 0 Å². The Morgan fingerprint density at radius 1 is 1.28 bits per heavy atom. The molecule has 0 aliphatic carbocycles. The molecule has 0 saturated carbocycles. The number of nitrogens with one attached hydrogen (secondary N) is 1. The Hall–Kier alpha value is -3.40. The van der Waals surface area contributed by atoms with Crippen molar-refractivity contribution in [2.45, 2.75) is 0 Å². The first kappa shape index (κ1) is 16.5. The van der Waals surface area contributed by atoms with E-state index in [1.165, 1.54) is 10.6 Å². The normalized spacial score (nSPS) is 11.4. The third-order valence-electron chi connectivity index (χ3n) is 3.49. The Bertz CT molecular complexity index is 908. The minimum Gasteiger partial charge on any atom is -0.481 e. The minimum absolute atomic E-state index is 0.0865. The summed E-state index contributed by atoms with van der Waals surface area (Å²) in [5, 5.41) is 2.58. The first-order chi connectivity index (χ1) is 12.1. The highest BCUT2D eigenvalue weighted by molar-refractivity contribution is 5.93. The standard InChI is InChI=1S/C18H16N2O5/c1-20-9-4-5-14(18(20)22)17(21)19-8-2-3-10-23-13-6-7-15-16(11-13)25-12-24-15/h4-7,9,11H,8,10,12H2,1H3,(H,19,21). The summed E-state index contributed by atoms with van der Waals surface area (Å²) in [7, 11) is 1.59. The zero-order valence-corrected chi connectivity index (χ0v) is 13.6. The van der Waals surface area contributed by atoms with Gasteiger partial charge >= 0.3 is 0 Å². The highest BCUT2D eigenvalue weighted by atomic mass is 16.7. The summed E-state index contributed by atoms with van der Waals surface area (Å²) < 4.78 is 17.3. The molecule has 1 aliphatic rings. The van der Waals surface area contributed by atoms with E-state index < -0.39 is 5.91 Å². The van der Waals surface area contributed by atoms with E-state index in [2.05, 4.69) is 17.2 Å². The molecule has 1 aromatic heterocycles. The first-order valence-corrected chi connectivity index (χ1v) is 7.57. The van der Waals surface area contributed by atoms with Crippen LogP contribution in [0.5, 0.6) is 17.2 Å². The van der Waals surface area contributed by atoms with Crippen LogP contribution in [0, 0.1) is 11.8 Å². The van der Waals surface area contributed by atoms with Crippen molar-refractivity contribution in [3.8, 4) is 29.1 Å². The number of nitrogens with zero attached hydrogens (tertiary/aromatic N) is 1. The molecule has 0 spiro atoms. The maximum atomic E-state index is 11.9. The average Bonchev–Trinajstić information content (AvgIpc) is 3.08. The van der Waals surface area contributed by atoms with Crippen molar-refractivity contribution in [3.05, 3.63) is 52.4 Å². The maximum absolute atomic E-state index is 11.9. The average molecular weight is 340 g/mol. The second-order valence-corrected chi connectivity index (χ2v) is 5.18. The van der Waals surface area contributed by atoms with Gasteiger partial charge in [-0.15, -0.1) is 0 Å². The summed E-state index contributed by atoms with van der Waals surface area (Å²) in [6.45, 7) is 0.507. The Morgan fingerprint density at radius 2 is 2.12 bits per heavy atom. The first-order valence-electron chi connectivity index (χ1n) is 7.57. The van der Waals surface area contributed by atoms with Gasteiger partial charge in [-0.2, -0.15) is 0 Å². The fourth-order valence-corrected chi connectivity index (χ4v) is 2.19. The van der Waals surface area contributed by atoms with Crippen LogP contribution in [0.25, 0.3) is 0 Å². The van der Waals surface area contributed by atoms with Gasteiger partial charge in [-0.05, 0) is 24.3 Å². The maximum Gasteiger partial charge on any atom is 0.263 e. The van der Waals surface area contributed by atoms with Crippen LogP contribution >= 0.6 is 0 Å². The Labute approximate surface area is 144 Å². The van der Waals surface area contributed by atoms with E-state index in [4.69, 9.17) is 14.2 Å². The lowest BCUT2D eigenvalue weighted by Gasteiger charge is -2.03. The van der Waals surface area contributed by atoms with Crippen LogP contribution in [0.3, 0.4) is 0 Å². The van der Waals surface area contributed by atoms with Crippen molar-refractivity contribution in [2.75, 3.05) is 19.9 Å². The molecule has 2 aromatic rings. The molecule has 3 rings (SSSR count). The molecule has 1 aliphatic heterocycles. The lowest BCUT2D eigenvalue weighted by molar-refractivity contribution is 0.0956. The number of pyridine rings is 1. The third kappa shape index (κ3) is 3.93. The summed E-state index contributed by atoms with van der Waals surface area (Å²) in [5.41, 5.74) is -0.262. The number of amides is 1. The molecule has 1 amide bonds. The lowest BCUT2D eigenvalue weighted by atomic mass is 10.2. The van der Waals surface area contributed by atoms with E-state index in [0.29, 0.717) is 17.2 Å². The smallest absolute Gasteiger partial charge is 0.263 e. The van der Waals surface area contributed by atoms with Gasteiger partial charge in [-0.1, -0.05) is 11.8 Å². The predicted molar refractivity (Wildman–Crippen MR) is 89.9 cm³/mol. The van der Waals surface area contributed by atoms with Crippen molar-refractivity contribution in [2.24, 2.45) is 7.05 Å². The molecule has 0 fully saturated rings. The summed E-state index contributed by atoms with van der Waals surface area (Å²) in [4.78, 5) is 23.7. The van der Waals surface area contributed by atoms with E-state index in [1.807, 2.05) is 0 Å². The fraction of sp³-hybridized carbons (Fsp3) is 0.222. The highest BCUT2D eigenvalue weighted by Gasteiger charge is 2.13. The monoisotopic (exact) mass is 340 g/mol. The molecule has 7 nitrogen and oxygen atoms in total. The van der Waals surface area contributed by atoms with Crippen LogP contribution in [-0.2, 0) is 7.05 Å². The van der Waals surface area contributed by atoms with E-state index in [1.54, 1.807) is 37.5 Å². The molecule has 0 bridgehead atoms. The van der Waals surface area contributed by atoms with Gasteiger partial charge in [0.05, 0.1) is 6.54 Å². The number of carbonyl (C=O) groups excluding carboxylic acids is 1. The summed E-state index contributed by atoms with van der Waals surface area (Å²) in [5.74, 6) is 7.06. The van der Waals surface area contributed by atoms with E-state index >= 15 is 0 Å². The lowest BCUT2D eigenvalue weighted by Crippen LogP contribution is -2.32. The number of rotatable bonds is 4. The number of ether oxygens (including phenoxy) is 3. The molecule has 1 N–H and O–H groups in total. The number of hydrogen-bond acceptors (Lipinski definition) is 5. The third-order valence-corrected chi connectivity index (χ3v) is 3.49. The summed E-state index contributed by atoms with van der Waals surface area (Å²) in [6, 6.07) is 8.39. The van der Waals surface area contributed by atoms with E-state index in [-0.39, 0.29) is 31.1 Å². The van der Waals surface area contributed by atoms with Gasteiger partial charge in [0.1, 0.15) is 17.9 Å². The van der Waals surface area contributed by atoms with Crippen LogP contribution in [0.2, 0.25) is 0 Å². The van der Waals surface area contributed by atoms with Crippen molar-refractivity contribution in [1.82, 2.24) is 9.88 Å². The van der Waals surface area contributed by atoms with Crippen LogP contribution in [0.15, 0.2) is 41.3 Å². The number of fused-ring (bicyclic) bond motifs is 1. The second-order valence-electron chi connectivity index (χ2n) is 5.18. The summed E-state index contributed by atoms with van der Waals surface area (Å²) >= 11 is 0. The second kappa shape index (κ2) is 7.45. The van der Waals surface area contributed by atoms with Crippen molar-refractivity contribution in [3.63, 3.8) is 0 Å². The van der Waals surface area contributed by atoms with Gasteiger partial charge < -0.3 is 24.1 Å². The number of aryl methyl sites for hydroxylation is 1. The molecule has 0 saturated heterocycles. The Kier molecular flexibility index (Phi) is 4.90. The van der Waals surface area contributed by atoms with Gasteiger partial charge in [-0.25, -0.2) is 0 Å². The van der Waals surface area contributed by atoms with Crippen LogP contribution in [-0.4, -0.2) is 30.4 Å². The molecule has 0 unspecified atom stereocenters. The summed E-state index contributed by atoms with van der Waals surface area (Å²) in [6.07, 6.45) is 1.59. The predicted octanol–water partition coefficient (Wildman–Crippen LogP) is 0.926. The minimum atomic E-state index is -0.452. The van der Waals surface area contributed by atoms with E-state index in [9.17, 15) is 9.59 Å². The number of hydrogen-bond donors (Lipinski definition) is 1. The molecule has 7 heteroatoms. The highest BCUT2D eigenvalue weighted by Crippen LogP contribution is 2.34. The van der Waals surface area contributed by atoms with Gasteiger partial charge in [0.2, 0.25) is 6.79 Å². The Morgan fingerprint density at radius 3 is 3.00 bits per heavy atom. The van der Waals surface area contributed by atoms with Gasteiger partial charge in [-0.3, -0.25) is 9.59 Å². The fourth-order valence-electron chi connectivity index (χ4n) is 2.19. The van der Waals surface area contributed by atoms with Gasteiger partial charge in [0.25, 0.3) is 11.5 Å². The molecular formula is C18H16N2O5. The quantitative estimate of drug-likeness (QED) is 0.838. The number of benzene rings is 1. The van der Waals surface area contributed by atoms with Crippen molar-refractivity contribution >= 4 is 5.91 Å². The molecule has 0 atom stereocenters. The molecule has 25 heavy (non-hydrogen) atoms. The molecule has 128 valence electrons. The van der Waals surface area contributed by atoms with Crippen molar-refractivity contribution < 1.29 is 19.0 Å². The molecule has 1 aromatic carbocycles. The SMILES string of the molecule is Cn1cccc(C(=O)NCC#CCOc2ccc3c(c2)OCO3)c1=O. The number of aromatic nitrogens is 1. The molecule has 0 radical (unpaired) electrons. The molecular weight excluding hydrogens is 324 g/mol.